The SMILES string of the molecule is CCNC(=O)OC(C)C(=O)Nc1ccc(C2=NNC(=O)CC2)cc1. The number of hydrogen-bond donors (Lipinski definition) is 3. The molecular weight excluding hydrogens is 312 g/mol. The van der Waals surface area contributed by atoms with Gasteiger partial charge >= 0.3 is 6.09 Å². The number of ether oxygens (including phenoxy) is 1. The number of nitrogens with one attached hydrogen (secondary N) is 3. The lowest BCUT2D eigenvalue weighted by Gasteiger charge is -2.15. The van der Waals surface area contributed by atoms with Crippen LogP contribution in [0.5, 0.6) is 0 Å². The van der Waals surface area contributed by atoms with Crippen molar-refractivity contribution in [2.24, 2.45) is 5.10 Å². The average Bonchev–Trinajstić information content (AvgIpc) is 2.56. The summed E-state index contributed by atoms with van der Waals surface area (Å²) in [6.45, 7) is 3.69. The molecule has 8 heteroatoms. The Hall–Kier alpha value is -2.90. The lowest BCUT2D eigenvalue weighted by Crippen LogP contribution is -2.34. The molecule has 24 heavy (non-hydrogen) atoms. The number of nitrogens with zero attached hydrogens (tertiary/aromatic N) is 1. The molecule has 2 rings (SSSR count). The topological polar surface area (TPSA) is 109 Å². The fourth-order valence-electron chi connectivity index (χ4n) is 2.07. The predicted octanol–water partition coefficient (Wildman–Crippen LogP) is 1.37. The van der Waals surface area contributed by atoms with Gasteiger partial charge in [-0.2, -0.15) is 5.10 Å². The van der Waals surface area contributed by atoms with E-state index >= 15 is 0 Å². The van der Waals surface area contributed by atoms with Crippen LogP contribution in [0.15, 0.2) is 29.4 Å². The van der Waals surface area contributed by atoms with Gasteiger partial charge in [-0.1, -0.05) is 12.1 Å². The monoisotopic (exact) mass is 332 g/mol. The van der Waals surface area contributed by atoms with E-state index in [4.69, 9.17) is 4.74 Å². The quantitative estimate of drug-likeness (QED) is 0.756. The van der Waals surface area contributed by atoms with E-state index < -0.39 is 18.1 Å². The Morgan fingerprint density at radius 1 is 1.29 bits per heavy atom. The molecule has 0 aromatic heterocycles. The molecule has 0 bridgehead atoms. The summed E-state index contributed by atoms with van der Waals surface area (Å²) in [4.78, 5) is 34.4. The van der Waals surface area contributed by atoms with Crippen molar-refractivity contribution < 1.29 is 19.1 Å². The number of hydrazone groups is 1. The Morgan fingerprint density at radius 3 is 2.58 bits per heavy atom. The fourth-order valence-corrected chi connectivity index (χ4v) is 2.07. The van der Waals surface area contributed by atoms with Crippen molar-refractivity contribution in [1.82, 2.24) is 10.7 Å². The average molecular weight is 332 g/mol. The zero-order valence-electron chi connectivity index (χ0n) is 13.6. The molecule has 0 aliphatic carbocycles. The summed E-state index contributed by atoms with van der Waals surface area (Å²) in [6.07, 6.45) is -0.553. The van der Waals surface area contributed by atoms with Gasteiger partial charge in [0.25, 0.3) is 5.91 Å². The first-order valence-electron chi connectivity index (χ1n) is 7.70. The Labute approximate surface area is 139 Å². The molecule has 3 N–H and O–H groups in total. The highest BCUT2D eigenvalue weighted by Crippen LogP contribution is 2.14. The number of rotatable bonds is 5. The van der Waals surface area contributed by atoms with Gasteiger partial charge < -0.3 is 15.4 Å². The van der Waals surface area contributed by atoms with Gasteiger partial charge in [0, 0.05) is 25.1 Å². The minimum absolute atomic E-state index is 0.0938. The van der Waals surface area contributed by atoms with Crippen molar-refractivity contribution >= 4 is 29.3 Å². The second-order valence-corrected chi connectivity index (χ2v) is 5.24. The third-order valence-corrected chi connectivity index (χ3v) is 3.36. The van der Waals surface area contributed by atoms with Crippen molar-refractivity contribution in [1.29, 1.82) is 0 Å². The van der Waals surface area contributed by atoms with Crippen molar-refractivity contribution in [3.63, 3.8) is 0 Å². The number of carbonyl (C=O) groups is 3. The van der Waals surface area contributed by atoms with Crippen LogP contribution in [0.2, 0.25) is 0 Å². The van der Waals surface area contributed by atoms with Crippen LogP contribution in [0.25, 0.3) is 0 Å². The van der Waals surface area contributed by atoms with Crippen LogP contribution in [-0.2, 0) is 14.3 Å². The van der Waals surface area contributed by atoms with Gasteiger partial charge in [0.15, 0.2) is 6.10 Å². The van der Waals surface area contributed by atoms with E-state index in [1.807, 2.05) is 0 Å². The molecule has 0 fully saturated rings. The third-order valence-electron chi connectivity index (χ3n) is 3.36. The van der Waals surface area contributed by atoms with Gasteiger partial charge in [-0.15, -0.1) is 0 Å². The Kier molecular flexibility index (Phi) is 5.89. The Morgan fingerprint density at radius 2 is 2.00 bits per heavy atom. The highest BCUT2D eigenvalue weighted by atomic mass is 16.6. The summed E-state index contributed by atoms with van der Waals surface area (Å²) in [6, 6.07) is 7.07. The molecule has 0 radical (unpaired) electrons. The van der Waals surface area contributed by atoms with Crippen LogP contribution in [-0.4, -0.2) is 36.3 Å². The number of alkyl carbamates (subject to hydrolysis) is 1. The number of amides is 3. The smallest absolute Gasteiger partial charge is 0.407 e. The van der Waals surface area contributed by atoms with Crippen LogP contribution < -0.4 is 16.1 Å². The van der Waals surface area contributed by atoms with E-state index in [0.29, 0.717) is 25.1 Å². The second kappa shape index (κ2) is 8.09. The highest BCUT2D eigenvalue weighted by Gasteiger charge is 2.18. The molecule has 1 unspecified atom stereocenters. The summed E-state index contributed by atoms with van der Waals surface area (Å²) >= 11 is 0. The predicted molar refractivity (Wildman–Crippen MR) is 88.6 cm³/mol. The first kappa shape index (κ1) is 17.5. The largest absolute Gasteiger partial charge is 0.436 e. The molecule has 1 heterocycles. The Balaban J connectivity index is 1.92. The summed E-state index contributed by atoms with van der Waals surface area (Å²) in [7, 11) is 0. The van der Waals surface area contributed by atoms with Crippen LogP contribution in [0.3, 0.4) is 0 Å². The molecule has 1 atom stereocenters. The van der Waals surface area contributed by atoms with Gasteiger partial charge in [-0.25, -0.2) is 10.2 Å². The number of benzene rings is 1. The van der Waals surface area contributed by atoms with Gasteiger partial charge in [0.2, 0.25) is 5.91 Å². The lowest BCUT2D eigenvalue weighted by molar-refractivity contribution is -0.123. The van der Waals surface area contributed by atoms with Crippen molar-refractivity contribution in [3.05, 3.63) is 29.8 Å². The number of hydrogen-bond acceptors (Lipinski definition) is 5. The maximum absolute atomic E-state index is 12.0. The first-order chi connectivity index (χ1) is 11.5. The lowest BCUT2D eigenvalue weighted by atomic mass is 10.0. The maximum Gasteiger partial charge on any atom is 0.407 e. The van der Waals surface area contributed by atoms with Crippen molar-refractivity contribution in [3.8, 4) is 0 Å². The minimum atomic E-state index is -0.908. The fraction of sp³-hybridized carbons (Fsp3) is 0.375. The van der Waals surface area contributed by atoms with E-state index in [0.717, 1.165) is 11.3 Å². The van der Waals surface area contributed by atoms with Crippen LogP contribution in [0, 0.1) is 0 Å². The molecule has 0 saturated heterocycles. The summed E-state index contributed by atoms with van der Waals surface area (Å²) in [5.74, 6) is -0.514. The Bertz CT molecular complexity index is 655. The van der Waals surface area contributed by atoms with Gasteiger partial charge in [0.05, 0.1) is 5.71 Å². The molecule has 1 aromatic rings. The maximum atomic E-state index is 12.0. The molecule has 3 amide bonds. The summed E-state index contributed by atoms with van der Waals surface area (Å²) in [5.41, 5.74) is 4.69. The summed E-state index contributed by atoms with van der Waals surface area (Å²) in [5, 5.41) is 9.15. The van der Waals surface area contributed by atoms with E-state index in [1.165, 1.54) is 6.92 Å². The highest BCUT2D eigenvalue weighted by molar-refractivity contribution is 6.04. The second-order valence-electron chi connectivity index (χ2n) is 5.24. The molecule has 0 spiro atoms. The number of anilines is 1. The van der Waals surface area contributed by atoms with Crippen LogP contribution in [0.1, 0.15) is 32.3 Å². The van der Waals surface area contributed by atoms with E-state index in [2.05, 4.69) is 21.2 Å². The standard InChI is InChI=1S/C16H20N4O4/c1-3-17-16(23)24-10(2)15(22)18-12-6-4-11(5-7-12)13-8-9-14(21)20-19-13/h4-7,10H,3,8-9H2,1-2H3,(H,17,23)(H,18,22)(H,20,21). The molecule has 8 nitrogen and oxygen atoms in total. The molecule has 1 aliphatic rings. The van der Waals surface area contributed by atoms with E-state index in [1.54, 1.807) is 31.2 Å². The van der Waals surface area contributed by atoms with Crippen LogP contribution >= 0.6 is 0 Å². The van der Waals surface area contributed by atoms with Crippen molar-refractivity contribution in [2.75, 3.05) is 11.9 Å². The normalized spacial score (nSPS) is 14.9. The van der Waals surface area contributed by atoms with E-state index in [9.17, 15) is 14.4 Å². The molecular formula is C16H20N4O4. The molecule has 0 saturated carbocycles. The third kappa shape index (κ3) is 4.80. The van der Waals surface area contributed by atoms with Crippen LogP contribution in [0.4, 0.5) is 10.5 Å². The minimum Gasteiger partial charge on any atom is -0.436 e. The zero-order chi connectivity index (χ0) is 17.5. The number of carbonyl (C=O) groups excluding carboxylic acids is 3. The first-order valence-corrected chi connectivity index (χ1v) is 7.70. The van der Waals surface area contributed by atoms with Gasteiger partial charge in [-0.3, -0.25) is 9.59 Å². The van der Waals surface area contributed by atoms with Crippen molar-refractivity contribution in [2.45, 2.75) is 32.8 Å². The molecule has 1 aromatic carbocycles. The van der Waals surface area contributed by atoms with Gasteiger partial charge in [-0.05, 0) is 31.5 Å². The van der Waals surface area contributed by atoms with Gasteiger partial charge in [0.1, 0.15) is 0 Å². The molecule has 128 valence electrons. The zero-order valence-corrected chi connectivity index (χ0v) is 13.6. The summed E-state index contributed by atoms with van der Waals surface area (Å²) < 4.78 is 4.93. The van der Waals surface area contributed by atoms with E-state index in [-0.39, 0.29) is 5.91 Å². The molecule has 1 aliphatic heterocycles.